The Morgan fingerprint density at radius 1 is 1.07 bits per heavy atom. The van der Waals surface area contributed by atoms with E-state index in [0.29, 0.717) is 0 Å². The molecule has 2 aromatic carbocycles. The first kappa shape index (κ1) is 19.2. The molecule has 1 aromatic heterocycles. The van der Waals surface area contributed by atoms with Crippen molar-refractivity contribution in [1.82, 2.24) is 14.7 Å². The van der Waals surface area contributed by atoms with E-state index < -0.39 is 0 Å². The Morgan fingerprint density at radius 3 is 2.48 bits per heavy atom. The van der Waals surface area contributed by atoms with Gasteiger partial charge in [0.2, 0.25) is 0 Å². The Balaban J connectivity index is 2.02. The lowest BCUT2D eigenvalue weighted by Crippen LogP contribution is -2.15. The minimum absolute atomic E-state index is 0.884. The van der Waals surface area contributed by atoms with Crippen molar-refractivity contribution in [3.8, 4) is 17.0 Å². The van der Waals surface area contributed by atoms with Gasteiger partial charge in [-0.2, -0.15) is 5.10 Å². The number of benzene rings is 2. The number of ether oxygens (including phenoxy) is 1. The van der Waals surface area contributed by atoms with Crippen LogP contribution in [0.25, 0.3) is 11.3 Å². The molecule has 1 heterocycles. The van der Waals surface area contributed by atoms with E-state index in [0.717, 1.165) is 30.8 Å². The van der Waals surface area contributed by atoms with Crippen LogP contribution in [0.15, 0.2) is 48.5 Å². The molecule has 27 heavy (non-hydrogen) atoms. The van der Waals surface area contributed by atoms with Gasteiger partial charge in [0.15, 0.2) is 0 Å². The molecule has 4 heteroatoms. The third-order valence-electron chi connectivity index (χ3n) is 4.95. The summed E-state index contributed by atoms with van der Waals surface area (Å²) < 4.78 is 7.59. The van der Waals surface area contributed by atoms with Crippen molar-refractivity contribution in [2.75, 3.05) is 27.7 Å². The molecule has 3 aromatic rings. The van der Waals surface area contributed by atoms with Crippen molar-refractivity contribution in [2.24, 2.45) is 7.05 Å². The van der Waals surface area contributed by atoms with E-state index >= 15 is 0 Å². The van der Waals surface area contributed by atoms with Gasteiger partial charge in [-0.25, -0.2) is 0 Å². The molecule has 0 N–H and O–H groups in total. The maximum absolute atomic E-state index is 5.59. The molecule has 0 aliphatic rings. The van der Waals surface area contributed by atoms with E-state index in [-0.39, 0.29) is 0 Å². The zero-order chi connectivity index (χ0) is 19.4. The van der Waals surface area contributed by atoms with E-state index in [1.165, 1.54) is 27.9 Å². The Hall–Kier alpha value is -2.59. The molecule has 142 valence electrons. The predicted molar refractivity (Wildman–Crippen MR) is 111 cm³/mol. The predicted octanol–water partition coefficient (Wildman–Crippen LogP) is 4.10. The van der Waals surface area contributed by atoms with Gasteiger partial charge in [-0.05, 0) is 56.8 Å². The summed E-state index contributed by atoms with van der Waals surface area (Å²) in [6.07, 6.45) is 1.84. The first-order valence-electron chi connectivity index (χ1n) is 9.38. The van der Waals surface area contributed by atoms with E-state index in [9.17, 15) is 0 Å². The summed E-state index contributed by atoms with van der Waals surface area (Å²) in [7, 11) is 7.96. The highest BCUT2D eigenvalue weighted by Crippen LogP contribution is 2.31. The van der Waals surface area contributed by atoms with Crippen LogP contribution in [0.2, 0.25) is 0 Å². The van der Waals surface area contributed by atoms with Gasteiger partial charge < -0.3 is 9.64 Å². The third-order valence-corrected chi connectivity index (χ3v) is 4.95. The SMILES string of the molecule is COc1ccc(-c2c(Cc3ccccc3)c(C)nn2C)cc1CCN(C)C. The van der Waals surface area contributed by atoms with Crippen LogP contribution < -0.4 is 4.74 Å². The van der Waals surface area contributed by atoms with Gasteiger partial charge in [-0.3, -0.25) is 4.68 Å². The highest BCUT2D eigenvalue weighted by atomic mass is 16.5. The van der Waals surface area contributed by atoms with Crippen LogP contribution in [-0.4, -0.2) is 42.4 Å². The zero-order valence-electron chi connectivity index (χ0n) is 17.0. The fraction of sp³-hybridized carbons (Fsp3) is 0.348. The van der Waals surface area contributed by atoms with Gasteiger partial charge in [0, 0.05) is 31.1 Å². The Labute approximate surface area is 162 Å². The highest BCUT2D eigenvalue weighted by molar-refractivity contribution is 5.67. The second-order valence-corrected chi connectivity index (χ2v) is 7.28. The maximum atomic E-state index is 5.59. The van der Waals surface area contributed by atoms with Crippen LogP contribution >= 0.6 is 0 Å². The average molecular weight is 364 g/mol. The second-order valence-electron chi connectivity index (χ2n) is 7.28. The molecule has 3 rings (SSSR count). The minimum Gasteiger partial charge on any atom is -0.496 e. The number of nitrogens with zero attached hydrogens (tertiary/aromatic N) is 3. The second kappa shape index (κ2) is 8.40. The van der Waals surface area contributed by atoms with E-state index in [2.05, 4.69) is 74.4 Å². The van der Waals surface area contributed by atoms with Crippen LogP contribution in [0.5, 0.6) is 5.75 Å². The molecule has 0 fully saturated rings. The van der Waals surface area contributed by atoms with Gasteiger partial charge in [0.05, 0.1) is 18.5 Å². The van der Waals surface area contributed by atoms with Gasteiger partial charge in [-0.15, -0.1) is 0 Å². The van der Waals surface area contributed by atoms with Crippen molar-refractivity contribution in [3.63, 3.8) is 0 Å². The highest BCUT2D eigenvalue weighted by Gasteiger charge is 2.17. The van der Waals surface area contributed by atoms with Crippen molar-refractivity contribution in [3.05, 3.63) is 70.9 Å². The molecule has 0 atom stereocenters. The van der Waals surface area contributed by atoms with Gasteiger partial charge in [0.25, 0.3) is 0 Å². The van der Waals surface area contributed by atoms with Crippen LogP contribution in [0.1, 0.15) is 22.4 Å². The number of hydrogen-bond donors (Lipinski definition) is 0. The van der Waals surface area contributed by atoms with Crippen LogP contribution in [-0.2, 0) is 19.9 Å². The zero-order valence-corrected chi connectivity index (χ0v) is 17.0. The number of hydrogen-bond acceptors (Lipinski definition) is 3. The van der Waals surface area contributed by atoms with Gasteiger partial charge >= 0.3 is 0 Å². The molecular weight excluding hydrogens is 334 g/mol. The summed E-state index contributed by atoms with van der Waals surface area (Å²) in [5.74, 6) is 0.948. The van der Waals surface area contributed by atoms with Gasteiger partial charge in [-0.1, -0.05) is 30.3 Å². The van der Waals surface area contributed by atoms with Crippen molar-refractivity contribution in [2.45, 2.75) is 19.8 Å². The largest absolute Gasteiger partial charge is 0.496 e. The van der Waals surface area contributed by atoms with E-state index in [4.69, 9.17) is 9.84 Å². The number of aryl methyl sites for hydroxylation is 2. The lowest BCUT2D eigenvalue weighted by atomic mass is 9.97. The molecule has 0 aliphatic carbocycles. The van der Waals surface area contributed by atoms with Gasteiger partial charge in [0.1, 0.15) is 5.75 Å². The molecule has 0 aliphatic heterocycles. The Morgan fingerprint density at radius 2 is 1.81 bits per heavy atom. The molecule has 0 bridgehead atoms. The quantitative estimate of drug-likeness (QED) is 0.633. The lowest BCUT2D eigenvalue weighted by molar-refractivity contribution is 0.392. The monoisotopic (exact) mass is 363 g/mol. The van der Waals surface area contributed by atoms with Crippen LogP contribution in [0.4, 0.5) is 0 Å². The molecule has 0 spiro atoms. The summed E-state index contributed by atoms with van der Waals surface area (Å²) in [6.45, 7) is 3.08. The molecule has 0 radical (unpaired) electrons. The summed E-state index contributed by atoms with van der Waals surface area (Å²) in [6, 6.07) is 17.1. The summed E-state index contributed by atoms with van der Waals surface area (Å²) in [5, 5.41) is 4.71. The number of aromatic nitrogens is 2. The molecule has 0 saturated heterocycles. The van der Waals surface area contributed by atoms with Crippen molar-refractivity contribution >= 4 is 0 Å². The Bertz CT molecular complexity index is 897. The molecular formula is C23H29N3O. The Kier molecular flexibility index (Phi) is 5.97. The molecule has 0 amide bonds. The van der Waals surface area contributed by atoms with Crippen molar-refractivity contribution in [1.29, 1.82) is 0 Å². The maximum Gasteiger partial charge on any atom is 0.122 e. The number of rotatable bonds is 7. The molecule has 4 nitrogen and oxygen atoms in total. The fourth-order valence-electron chi connectivity index (χ4n) is 3.54. The number of likely N-dealkylation sites (N-methyl/N-ethyl adjacent to an activating group) is 1. The summed E-state index contributed by atoms with van der Waals surface area (Å²) >= 11 is 0. The third kappa shape index (κ3) is 4.40. The number of methoxy groups -OCH3 is 1. The van der Waals surface area contributed by atoms with Crippen LogP contribution in [0, 0.1) is 6.92 Å². The summed E-state index contributed by atoms with van der Waals surface area (Å²) in [5.41, 5.74) is 7.28. The molecule has 0 saturated carbocycles. The van der Waals surface area contributed by atoms with Crippen LogP contribution in [0.3, 0.4) is 0 Å². The van der Waals surface area contributed by atoms with E-state index in [1.807, 2.05) is 11.7 Å². The standard InChI is InChI=1S/C23H29N3O/c1-17-21(15-18-9-7-6-8-10-18)23(26(4)24-17)20-11-12-22(27-5)19(16-20)13-14-25(2)3/h6-12,16H,13-15H2,1-5H3. The topological polar surface area (TPSA) is 30.3 Å². The molecule has 0 unspecified atom stereocenters. The first-order valence-corrected chi connectivity index (χ1v) is 9.38. The van der Waals surface area contributed by atoms with E-state index in [1.54, 1.807) is 7.11 Å². The normalized spacial score (nSPS) is 11.2. The minimum atomic E-state index is 0.884. The smallest absolute Gasteiger partial charge is 0.122 e. The lowest BCUT2D eigenvalue weighted by Gasteiger charge is -2.15. The fourth-order valence-corrected chi connectivity index (χ4v) is 3.54. The van der Waals surface area contributed by atoms with Crippen molar-refractivity contribution < 1.29 is 4.74 Å². The summed E-state index contributed by atoms with van der Waals surface area (Å²) in [4.78, 5) is 2.20. The average Bonchev–Trinajstić information content (AvgIpc) is 2.93. The first-order chi connectivity index (χ1) is 13.0.